The lowest BCUT2D eigenvalue weighted by Crippen LogP contribution is -2.33. The summed E-state index contributed by atoms with van der Waals surface area (Å²) >= 11 is 0. The minimum Gasteiger partial charge on any atom is -0.493 e. The van der Waals surface area contributed by atoms with Crippen molar-refractivity contribution in [2.45, 2.75) is 31.7 Å². The maximum absolute atomic E-state index is 13.5. The fourth-order valence-electron chi connectivity index (χ4n) is 4.95. The number of amides is 1. The molecule has 1 amide bonds. The Hall–Kier alpha value is -4.14. The average molecular weight is 457 g/mol. The van der Waals surface area contributed by atoms with Gasteiger partial charge in [-0.25, -0.2) is 9.97 Å². The van der Waals surface area contributed by atoms with Crippen LogP contribution >= 0.6 is 0 Å². The summed E-state index contributed by atoms with van der Waals surface area (Å²) in [6, 6.07) is 11.0. The predicted molar refractivity (Wildman–Crippen MR) is 129 cm³/mol. The summed E-state index contributed by atoms with van der Waals surface area (Å²) in [7, 11) is 3.06. The first kappa shape index (κ1) is 20.5. The number of aromatic nitrogens is 4. The molecule has 34 heavy (non-hydrogen) atoms. The van der Waals surface area contributed by atoms with Crippen molar-refractivity contribution < 1.29 is 14.3 Å². The lowest BCUT2D eigenvalue weighted by Gasteiger charge is -2.12. The molecule has 0 atom stereocenters. The van der Waals surface area contributed by atoms with Crippen molar-refractivity contribution in [2.24, 2.45) is 0 Å². The fourth-order valence-corrected chi connectivity index (χ4v) is 4.95. The van der Waals surface area contributed by atoms with Gasteiger partial charge in [0.15, 0.2) is 17.1 Å². The number of carbonyl (C=O) groups excluding carboxylic acids is 1. The van der Waals surface area contributed by atoms with Crippen LogP contribution in [0.25, 0.3) is 38.7 Å². The van der Waals surface area contributed by atoms with Gasteiger partial charge in [-0.05, 0) is 31.0 Å². The van der Waals surface area contributed by atoms with Crippen LogP contribution in [0.3, 0.4) is 0 Å². The number of carbonyl (C=O) groups is 1. The second-order valence-corrected chi connectivity index (χ2v) is 8.58. The highest BCUT2D eigenvalue weighted by Crippen LogP contribution is 2.34. The second kappa shape index (κ2) is 7.72. The van der Waals surface area contributed by atoms with Gasteiger partial charge in [0.25, 0.3) is 11.5 Å². The Morgan fingerprint density at radius 2 is 1.74 bits per heavy atom. The van der Waals surface area contributed by atoms with E-state index in [0.717, 1.165) is 25.7 Å². The topological polar surface area (TPSA) is 111 Å². The van der Waals surface area contributed by atoms with E-state index in [2.05, 4.69) is 10.3 Å². The van der Waals surface area contributed by atoms with Gasteiger partial charge in [0.1, 0.15) is 16.7 Å². The minimum absolute atomic E-state index is 0.113. The number of hydrogen-bond acceptors (Lipinski definition) is 6. The monoisotopic (exact) mass is 457 g/mol. The Morgan fingerprint density at radius 3 is 2.44 bits per heavy atom. The van der Waals surface area contributed by atoms with Gasteiger partial charge in [-0.15, -0.1) is 0 Å². The maximum atomic E-state index is 13.5. The van der Waals surface area contributed by atoms with Crippen molar-refractivity contribution in [2.75, 3.05) is 14.2 Å². The van der Waals surface area contributed by atoms with Gasteiger partial charge in [-0.3, -0.25) is 14.0 Å². The van der Waals surface area contributed by atoms with Crippen LogP contribution in [-0.4, -0.2) is 45.5 Å². The number of hydrogen-bond donors (Lipinski definition) is 2. The molecule has 172 valence electrons. The Kier molecular flexibility index (Phi) is 4.65. The van der Waals surface area contributed by atoms with E-state index in [0.29, 0.717) is 55.8 Å². The molecule has 3 aromatic heterocycles. The van der Waals surface area contributed by atoms with Crippen molar-refractivity contribution in [3.05, 3.63) is 52.3 Å². The number of nitrogens with zero attached hydrogens (tertiary/aromatic N) is 3. The molecular formula is C25H23N5O4. The molecule has 0 bridgehead atoms. The number of aromatic amines is 1. The number of fused-ring (bicyclic) bond motifs is 6. The zero-order valence-corrected chi connectivity index (χ0v) is 18.8. The second-order valence-electron chi connectivity index (χ2n) is 8.58. The zero-order chi connectivity index (χ0) is 23.4. The molecule has 5 aromatic rings. The molecule has 1 aliphatic carbocycles. The smallest absolute Gasteiger partial charge is 0.259 e. The fraction of sp³-hybridized carbons (Fsp3) is 0.280. The first-order chi connectivity index (χ1) is 16.6. The van der Waals surface area contributed by atoms with E-state index in [9.17, 15) is 9.59 Å². The Labute approximate surface area is 193 Å². The third-order valence-corrected chi connectivity index (χ3v) is 6.60. The molecular weight excluding hydrogens is 434 g/mol. The molecule has 0 unspecified atom stereocenters. The van der Waals surface area contributed by atoms with Gasteiger partial charge in [-0.1, -0.05) is 25.0 Å². The van der Waals surface area contributed by atoms with E-state index in [-0.39, 0.29) is 17.5 Å². The molecule has 0 spiro atoms. The molecule has 1 fully saturated rings. The molecule has 0 saturated heterocycles. The van der Waals surface area contributed by atoms with Gasteiger partial charge in [0.2, 0.25) is 0 Å². The summed E-state index contributed by atoms with van der Waals surface area (Å²) in [5.41, 5.74) is 3.16. The Balaban J connectivity index is 1.75. The largest absolute Gasteiger partial charge is 0.493 e. The van der Waals surface area contributed by atoms with E-state index in [4.69, 9.17) is 19.4 Å². The van der Waals surface area contributed by atoms with E-state index < -0.39 is 0 Å². The zero-order valence-electron chi connectivity index (χ0n) is 18.8. The molecule has 9 heteroatoms. The third-order valence-electron chi connectivity index (χ3n) is 6.60. The lowest BCUT2D eigenvalue weighted by molar-refractivity contribution is 0.0941. The molecule has 0 aliphatic heterocycles. The van der Waals surface area contributed by atoms with E-state index >= 15 is 0 Å². The average Bonchev–Trinajstić information content (AvgIpc) is 3.47. The van der Waals surface area contributed by atoms with Crippen LogP contribution in [-0.2, 0) is 0 Å². The van der Waals surface area contributed by atoms with Crippen LogP contribution in [0.4, 0.5) is 0 Å². The summed E-state index contributed by atoms with van der Waals surface area (Å²) in [5.74, 6) is 0.640. The van der Waals surface area contributed by atoms with Gasteiger partial charge in [-0.2, -0.15) is 0 Å². The van der Waals surface area contributed by atoms with Crippen LogP contribution in [0.2, 0.25) is 0 Å². The molecule has 0 radical (unpaired) electrons. The van der Waals surface area contributed by atoms with Crippen molar-refractivity contribution in [1.29, 1.82) is 0 Å². The molecule has 1 saturated carbocycles. The number of benzene rings is 2. The van der Waals surface area contributed by atoms with E-state index in [1.807, 2.05) is 24.3 Å². The molecule has 1 aliphatic rings. The van der Waals surface area contributed by atoms with Crippen LogP contribution in [0.5, 0.6) is 11.5 Å². The quantitative estimate of drug-likeness (QED) is 0.427. The van der Waals surface area contributed by atoms with E-state index in [1.54, 1.807) is 16.5 Å². The number of H-pyrrole nitrogens is 1. The number of nitrogens with one attached hydrogen (secondary N) is 2. The summed E-state index contributed by atoms with van der Waals surface area (Å²) in [6.45, 7) is 0. The number of para-hydroxylation sites is 2. The molecule has 6 rings (SSSR count). The number of ether oxygens (including phenoxy) is 2. The summed E-state index contributed by atoms with van der Waals surface area (Å²) in [6.07, 6.45) is 4.08. The molecule has 3 heterocycles. The van der Waals surface area contributed by atoms with Crippen molar-refractivity contribution >= 4 is 44.7 Å². The van der Waals surface area contributed by atoms with Crippen LogP contribution < -0.4 is 20.3 Å². The third kappa shape index (κ3) is 3.00. The first-order valence-corrected chi connectivity index (χ1v) is 11.3. The molecule has 2 N–H and O–H groups in total. The van der Waals surface area contributed by atoms with Gasteiger partial charge < -0.3 is 19.8 Å². The maximum Gasteiger partial charge on any atom is 0.259 e. The first-order valence-electron chi connectivity index (χ1n) is 11.3. The lowest BCUT2D eigenvalue weighted by atomic mass is 10.2. The summed E-state index contributed by atoms with van der Waals surface area (Å²) < 4.78 is 12.7. The summed E-state index contributed by atoms with van der Waals surface area (Å²) in [4.78, 5) is 39.2. The highest BCUT2D eigenvalue weighted by molar-refractivity contribution is 6.13. The van der Waals surface area contributed by atoms with Crippen LogP contribution in [0, 0.1) is 0 Å². The predicted octanol–water partition coefficient (Wildman–Crippen LogP) is 3.57. The van der Waals surface area contributed by atoms with Crippen molar-refractivity contribution in [3.8, 4) is 11.5 Å². The Bertz CT molecular complexity index is 1660. The minimum atomic E-state index is -0.342. The number of rotatable bonds is 4. The van der Waals surface area contributed by atoms with Gasteiger partial charge in [0.05, 0.1) is 36.2 Å². The SMILES string of the molecule is COc1cc2c(=O)[nH]c3c(C(=O)NC4CCCC4)c4nc5ccccc5nc4n3c2cc1OC. The van der Waals surface area contributed by atoms with Crippen molar-refractivity contribution in [1.82, 2.24) is 24.7 Å². The van der Waals surface area contributed by atoms with Gasteiger partial charge >= 0.3 is 0 Å². The highest BCUT2D eigenvalue weighted by Gasteiger charge is 2.27. The van der Waals surface area contributed by atoms with E-state index in [1.165, 1.54) is 14.2 Å². The standard InChI is InChI=1S/C25H23N5O4/c1-33-18-11-14-17(12-19(18)34-2)30-22(29-24(14)31)20(25(32)26-13-7-3-4-8-13)21-23(30)28-16-10-6-5-9-15(16)27-21/h5-6,9-13H,3-4,7-8H2,1-2H3,(H,26,32)(H,29,31). The van der Waals surface area contributed by atoms with Crippen LogP contribution in [0.1, 0.15) is 36.0 Å². The van der Waals surface area contributed by atoms with Crippen LogP contribution in [0.15, 0.2) is 41.2 Å². The molecule has 9 nitrogen and oxygen atoms in total. The Morgan fingerprint density at radius 1 is 1.06 bits per heavy atom. The van der Waals surface area contributed by atoms with Crippen molar-refractivity contribution in [3.63, 3.8) is 0 Å². The molecule has 2 aromatic carbocycles. The normalized spacial score (nSPS) is 14.4. The highest BCUT2D eigenvalue weighted by atomic mass is 16.5. The number of methoxy groups -OCH3 is 2. The summed E-state index contributed by atoms with van der Waals surface area (Å²) in [5, 5.41) is 3.52. The van der Waals surface area contributed by atoms with Gasteiger partial charge in [0, 0.05) is 12.1 Å².